The Hall–Kier alpha value is -2.32. The number of rotatable bonds is 5. The molecule has 0 aliphatic heterocycles. The summed E-state index contributed by atoms with van der Waals surface area (Å²) in [6.45, 7) is 2.10. The number of thiazole rings is 1. The molecule has 0 aliphatic carbocycles. The molecular weight excluding hydrogens is 292 g/mol. The summed E-state index contributed by atoms with van der Waals surface area (Å²) in [4.78, 5) is 26.5. The van der Waals surface area contributed by atoms with Crippen molar-refractivity contribution < 1.29 is 9.72 Å². The lowest BCUT2D eigenvalue weighted by Crippen LogP contribution is -2.13. The van der Waals surface area contributed by atoms with Crippen LogP contribution in [-0.4, -0.2) is 22.4 Å². The first-order chi connectivity index (χ1) is 10.0. The molecule has 1 aromatic carbocycles. The number of carbonyl (C=O) groups is 1. The Bertz CT molecular complexity index is 684. The third-order valence-electron chi connectivity index (χ3n) is 2.79. The minimum Gasteiger partial charge on any atom is -0.330 e. The van der Waals surface area contributed by atoms with Crippen molar-refractivity contribution in [1.29, 1.82) is 0 Å². The Kier molecular flexibility index (Phi) is 4.61. The average Bonchev–Trinajstić information content (AvgIpc) is 2.87. The summed E-state index contributed by atoms with van der Waals surface area (Å²) in [6, 6.07) is 4.42. The number of hydrogen-bond acceptors (Lipinski definition) is 6. The van der Waals surface area contributed by atoms with E-state index in [4.69, 9.17) is 5.73 Å². The van der Waals surface area contributed by atoms with E-state index in [2.05, 4.69) is 10.3 Å². The van der Waals surface area contributed by atoms with Crippen LogP contribution in [0.3, 0.4) is 0 Å². The number of hydrogen-bond donors (Lipinski definition) is 2. The molecule has 0 unspecified atom stereocenters. The zero-order chi connectivity index (χ0) is 15.4. The molecule has 0 radical (unpaired) electrons. The zero-order valence-corrected chi connectivity index (χ0v) is 12.1. The van der Waals surface area contributed by atoms with Crippen molar-refractivity contribution in [2.75, 3.05) is 11.9 Å². The number of aryl methyl sites for hydroxylation is 1. The molecule has 0 aliphatic rings. The first-order valence-electron chi connectivity index (χ1n) is 6.22. The number of nitrogens with zero attached hydrogens (tertiary/aromatic N) is 2. The van der Waals surface area contributed by atoms with Gasteiger partial charge in [0.2, 0.25) is 0 Å². The lowest BCUT2D eigenvalue weighted by Gasteiger charge is -2.04. The van der Waals surface area contributed by atoms with Gasteiger partial charge in [0.25, 0.3) is 11.6 Å². The van der Waals surface area contributed by atoms with Gasteiger partial charge in [0, 0.05) is 29.1 Å². The maximum Gasteiger partial charge on any atom is 0.275 e. The van der Waals surface area contributed by atoms with Crippen LogP contribution in [0.25, 0.3) is 0 Å². The summed E-state index contributed by atoms with van der Waals surface area (Å²) in [7, 11) is 0. The Morgan fingerprint density at radius 3 is 2.90 bits per heavy atom. The molecular formula is C13H14N4O3S. The van der Waals surface area contributed by atoms with Crippen LogP contribution in [0.15, 0.2) is 23.6 Å². The van der Waals surface area contributed by atoms with Crippen molar-refractivity contribution in [3.05, 3.63) is 50.0 Å². The Balaban J connectivity index is 2.11. The highest BCUT2D eigenvalue weighted by molar-refractivity contribution is 7.09. The summed E-state index contributed by atoms with van der Waals surface area (Å²) in [5.74, 6) is -0.345. The molecule has 1 heterocycles. The van der Waals surface area contributed by atoms with Gasteiger partial charge in [0.15, 0.2) is 0 Å². The summed E-state index contributed by atoms with van der Waals surface area (Å²) in [6.07, 6.45) is 0.634. The van der Waals surface area contributed by atoms with Crippen LogP contribution < -0.4 is 11.1 Å². The topological polar surface area (TPSA) is 111 Å². The summed E-state index contributed by atoms with van der Waals surface area (Å²) < 4.78 is 0. The molecule has 21 heavy (non-hydrogen) atoms. The van der Waals surface area contributed by atoms with Gasteiger partial charge in [-0.15, -0.1) is 11.3 Å². The quantitative estimate of drug-likeness (QED) is 0.649. The second-order valence-electron chi connectivity index (χ2n) is 4.38. The van der Waals surface area contributed by atoms with Gasteiger partial charge < -0.3 is 11.1 Å². The summed E-state index contributed by atoms with van der Waals surface area (Å²) >= 11 is 1.38. The standard InChI is InChI=1S/C13H14N4O3S/c1-8-6-9(2-3-11(8)17(19)20)15-13(18)10-7-21-12(16-10)4-5-14/h2-3,6-7H,4-5,14H2,1H3,(H,15,18). The number of nitrogens with one attached hydrogen (secondary N) is 1. The van der Waals surface area contributed by atoms with E-state index in [1.165, 1.54) is 23.5 Å². The molecule has 0 bridgehead atoms. The van der Waals surface area contributed by atoms with Gasteiger partial charge in [-0.25, -0.2) is 4.98 Å². The normalized spacial score (nSPS) is 10.4. The van der Waals surface area contributed by atoms with E-state index in [9.17, 15) is 14.9 Å². The molecule has 0 saturated carbocycles. The first-order valence-corrected chi connectivity index (χ1v) is 7.10. The van der Waals surface area contributed by atoms with Crippen molar-refractivity contribution in [2.45, 2.75) is 13.3 Å². The fourth-order valence-electron chi connectivity index (χ4n) is 1.79. The van der Waals surface area contributed by atoms with E-state index in [1.807, 2.05) is 0 Å². The summed E-state index contributed by atoms with van der Waals surface area (Å²) in [5, 5.41) is 15.9. The SMILES string of the molecule is Cc1cc(NC(=O)c2csc(CCN)n2)ccc1[N+](=O)[O-]. The zero-order valence-electron chi connectivity index (χ0n) is 11.3. The fraction of sp³-hybridized carbons (Fsp3) is 0.231. The number of amides is 1. The van der Waals surface area contributed by atoms with Gasteiger partial charge in [0.05, 0.1) is 9.93 Å². The van der Waals surface area contributed by atoms with Crippen LogP contribution in [0.4, 0.5) is 11.4 Å². The van der Waals surface area contributed by atoms with Crippen LogP contribution in [0, 0.1) is 17.0 Å². The minimum absolute atomic E-state index is 0.0203. The van der Waals surface area contributed by atoms with E-state index in [-0.39, 0.29) is 11.6 Å². The third-order valence-corrected chi connectivity index (χ3v) is 3.70. The molecule has 0 atom stereocenters. The first kappa shape index (κ1) is 15.1. The predicted octanol–water partition coefficient (Wildman–Crippen LogP) is 2.11. The van der Waals surface area contributed by atoms with E-state index < -0.39 is 4.92 Å². The fourth-order valence-corrected chi connectivity index (χ4v) is 2.58. The van der Waals surface area contributed by atoms with E-state index in [1.54, 1.807) is 18.4 Å². The highest BCUT2D eigenvalue weighted by Crippen LogP contribution is 2.22. The highest BCUT2D eigenvalue weighted by atomic mass is 32.1. The van der Waals surface area contributed by atoms with Crippen molar-refractivity contribution in [3.8, 4) is 0 Å². The van der Waals surface area contributed by atoms with Crippen LogP contribution in [0.5, 0.6) is 0 Å². The largest absolute Gasteiger partial charge is 0.330 e. The number of carbonyl (C=O) groups excluding carboxylic acids is 1. The lowest BCUT2D eigenvalue weighted by molar-refractivity contribution is -0.385. The average molecular weight is 306 g/mol. The molecule has 2 aromatic rings. The van der Waals surface area contributed by atoms with Gasteiger partial charge in [-0.05, 0) is 25.6 Å². The molecule has 3 N–H and O–H groups in total. The van der Waals surface area contributed by atoms with Crippen LogP contribution in [0.2, 0.25) is 0 Å². The number of aromatic nitrogens is 1. The van der Waals surface area contributed by atoms with Gasteiger partial charge in [-0.3, -0.25) is 14.9 Å². The van der Waals surface area contributed by atoms with E-state index in [0.717, 1.165) is 5.01 Å². The molecule has 110 valence electrons. The number of anilines is 1. The number of nitro groups is 1. The molecule has 0 saturated heterocycles. The summed E-state index contributed by atoms with van der Waals surface area (Å²) in [5.41, 5.74) is 6.76. The van der Waals surface area contributed by atoms with Crippen molar-refractivity contribution in [2.24, 2.45) is 5.73 Å². The monoisotopic (exact) mass is 306 g/mol. The molecule has 7 nitrogen and oxygen atoms in total. The van der Waals surface area contributed by atoms with E-state index in [0.29, 0.717) is 29.9 Å². The molecule has 1 amide bonds. The van der Waals surface area contributed by atoms with Crippen molar-refractivity contribution in [1.82, 2.24) is 4.98 Å². The van der Waals surface area contributed by atoms with Gasteiger partial charge >= 0.3 is 0 Å². The van der Waals surface area contributed by atoms with Crippen molar-refractivity contribution >= 4 is 28.6 Å². The van der Waals surface area contributed by atoms with Crippen molar-refractivity contribution in [3.63, 3.8) is 0 Å². The Morgan fingerprint density at radius 1 is 1.52 bits per heavy atom. The third kappa shape index (κ3) is 3.61. The van der Waals surface area contributed by atoms with Crippen LogP contribution in [0.1, 0.15) is 21.1 Å². The second kappa shape index (κ2) is 6.42. The predicted molar refractivity (Wildman–Crippen MR) is 80.7 cm³/mol. The molecule has 8 heteroatoms. The molecule has 0 fully saturated rings. The van der Waals surface area contributed by atoms with E-state index >= 15 is 0 Å². The molecule has 2 rings (SSSR count). The maximum absolute atomic E-state index is 12.0. The van der Waals surface area contributed by atoms with Gasteiger partial charge in [0.1, 0.15) is 5.69 Å². The van der Waals surface area contributed by atoms with Gasteiger partial charge in [-0.1, -0.05) is 0 Å². The molecule has 0 spiro atoms. The Morgan fingerprint density at radius 2 is 2.29 bits per heavy atom. The molecule has 1 aromatic heterocycles. The second-order valence-corrected chi connectivity index (χ2v) is 5.32. The minimum atomic E-state index is -0.458. The lowest BCUT2D eigenvalue weighted by atomic mass is 10.2. The van der Waals surface area contributed by atoms with Crippen LogP contribution >= 0.6 is 11.3 Å². The maximum atomic E-state index is 12.0. The highest BCUT2D eigenvalue weighted by Gasteiger charge is 2.14. The smallest absolute Gasteiger partial charge is 0.275 e. The van der Waals surface area contributed by atoms with Gasteiger partial charge in [-0.2, -0.15) is 0 Å². The number of nitrogens with two attached hydrogens (primary N) is 1. The number of benzene rings is 1. The number of nitro benzene ring substituents is 1. The van der Waals surface area contributed by atoms with Crippen LogP contribution in [-0.2, 0) is 6.42 Å². The Labute approximate surface area is 125 Å².